The molecule has 134 valence electrons. The van der Waals surface area contributed by atoms with Gasteiger partial charge in [-0.1, -0.05) is 6.07 Å². The Kier molecular flexibility index (Phi) is 6.60. The molecule has 1 aliphatic rings. The van der Waals surface area contributed by atoms with Gasteiger partial charge in [0.1, 0.15) is 11.4 Å². The van der Waals surface area contributed by atoms with E-state index >= 15 is 0 Å². The minimum atomic E-state index is -0.455. The average molecular weight is 355 g/mol. The second kappa shape index (κ2) is 8.47. The molecule has 0 spiro atoms. The van der Waals surface area contributed by atoms with Crippen molar-refractivity contribution in [3.8, 4) is 5.75 Å². The van der Waals surface area contributed by atoms with Crippen molar-refractivity contribution in [1.29, 1.82) is 0 Å². The van der Waals surface area contributed by atoms with Crippen molar-refractivity contribution < 1.29 is 14.3 Å². The van der Waals surface area contributed by atoms with E-state index in [0.717, 1.165) is 30.9 Å². The van der Waals surface area contributed by atoms with Crippen LogP contribution in [0.1, 0.15) is 27.2 Å². The molecule has 0 radical (unpaired) electrons. The van der Waals surface area contributed by atoms with E-state index in [2.05, 4.69) is 11.0 Å². The number of alkyl halides is 1. The van der Waals surface area contributed by atoms with Crippen molar-refractivity contribution >= 4 is 23.4 Å². The number of ether oxygens (including phenoxy) is 2. The summed E-state index contributed by atoms with van der Waals surface area (Å²) in [6.45, 7) is 9.16. The molecular formula is C18H27ClN2O3. The summed E-state index contributed by atoms with van der Waals surface area (Å²) in [5.74, 6) is 1.46. The van der Waals surface area contributed by atoms with Crippen LogP contribution in [0.5, 0.6) is 5.75 Å². The van der Waals surface area contributed by atoms with E-state index < -0.39 is 5.60 Å². The summed E-state index contributed by atoms with van der Waals surface area (Å²) in [6.07, 6.45) is 0.598. The molecule has 1 fully saturated rings. The Bertz CT molecular complexity index is 537. The van der Waals surface area contributed by atoms with Crippen LogP contribution in [0.4, 0.5) is 10.5 Å². The van der Waals surface area contributed by atoms with Gasteiger partial charge in [0.2, 0.25) is 0 Å². The lowest BCUT2D eigenvalue weighted by atomic mass is 10.2. The maximum Gasteiger partial charge on any atom is 0.410 e. The Hall–Kier alpha value is -1.62. The Labute approximate surface area is 149 Å². The van der Waals surface area contributed by atoms with Gasteiger partial charge in [0, 0.05) is 43.8 Å². The molecule has 0 unspecified atom stereocenters. The third kappa shape index (κ3) is 5.78. The third-order valence-electron chi connectivity index (χ3n) is 3.66. The van der Waals surface area contributed by atoms with Crippen molar-refractivity contribution in [1.82, 2.24) is 4.90 Å². The second-order valence-electron chi connectivity index (χ2n) is 6.84. The monoisotopic (exact) mass is 354 g/mol. The summed E-state index contributed by atoms with van der Waals surface area (Å²) >= 11 is 5.67. The first-order valence-electron chi connectivity index (χ1n) is 8.41. The molecule has 6 heteroatoms. The van der Waals surface area contributed by atoms with Crippen LogP contribution in [0.15, 0.2) is 24.3 Å². The molecule has 1 heterocycles. The van der Waals surface area contributed by atoms with Gasteiger partial charge in [-0.3, -0.25) is 0 Å². The lowest BCUT2D eigenvalue weighted by Crippen LogP contribution is -2.50. The number of carbonyl (C=O) groups excluding carboxylic acids is 1. The number of rotatable bonds is 5. The van der Waals surface area contributed by atoms with Gasteiger partial charge < -0.3 is 19.3 Å². The molecular weight excluding hydrogens is 328 g/mol. The van der Waals surface area contributed by atoms with Crippen LogP contribution in [0.25, 0.3) is 0 Å². The smallest absolute Gasteiger partial charge is 0.410 e. The van der Waals surface area contributed by atoms with Crippen LogP contribution < -0.4 is 9.64 Å². The number of amides is 1. The molecule has 1 aromatic carbocycles. The fraction of sp³-hybridized carbons (Fsp3) is 0.611. The van der Waals surface area contributed by atoms with Crippen molar-refractivity contribution in [2.75, 3.05) is 43.6 Å². The molecule has 0 aliphatic carbocycles. The first-order valence-corrected chi connectivity index (χ1v) is 8.94. The molecule has 0 aromatic heterocycles. The zero-order valence-electron chi connectivity index (χ0n) is 14.8. The van der Waals surface area contributed by atoms with Crippen LogP contribution in [0.3, 0.4) is 0 Å². The van der Waals surface area contributed by atoms with Gasteiger partial charge in [-0.05, 0) is 39.3 Å². The highest BCUT2D eigenvalue weighted by atomic mass is 35.5. The highest BCUT2D eigenvalue weighted by molar-refractivity contribution is 6.17. The molecule has 1 aromatic rings. The number of benzene rings is 1. The van der Waals surface area contributed by atoms with E-state index in [1.54, 1.807) is 4.90 Å². The summed E-state index contributed by atoms with van der Waals surface area (Å²) in [5.41, 5.74) is 0.658. The van der Waals surface area contributed by atoms with Gasteiger partial charge in [-0.25, -0.2) is 4.79 Å². The minimum absolute atomic E-state index is 0.236. The summed E-state index contributed by atoms with van der Waals surface area (Å²) in [6, 6.07) is 8.05. The quantitative estimate of drug-likeness (QED) is 0.596. The largest absolute Gasteiger partial charge is 0.493 e. The Balaban J connectivity index is 1.88. The fourth-order valence-corrected chi connectivity index (χ4v) is 2.60. The van der Waals surface area contributed by atoms with Crippen molar-refractivity contribution in [2.45, 2.75) is 32.8 Å². The third-order valence-corrected chi connectivity index (χ3v) is 3.93. The fourth-order valence-electron chi connectivity index (χ4n) is 2.49. The SMILES string of the molecule is CC(C)(C)OC(=O)N1CCN(c2cccc(OCCCCl)c2)CC1. The Morgan fingerprint density at radius 1 is 1.21 bits per heavy atom. The normalized spacial score (nSPS) is 15.3. The molecule has 5 nitrogen and oxygen atoms in total. The summed E-state index contributed by atoms with van der Waals surface area (Å²) in [7, 11) is 0. The summed E-state index contributed by atoms with van der Waals surface area (Å²) in [5, 5.41) is 0. The number of halogens is 1. The van der Waals surface area contributed by atoms with E-state index in [0.29, 0.717) is 25.6 Å². The van der Waals surface area contributed by atoms with Gasteiger partial charge in [-0.15, -0.1) is 11.6 Å². The molecule has 0 saturated carbocycles. The van der Waals surface area contributed by atoms with Crippen molar-refractivity contribution in [3.05, 3.63) is 24.3 Å². The van der Waals surface area contributed by atoms with Crippen LogP contribution >= 0.6 is 11.6 Å². The molecule has 0 bridgehead atoms. The highest BCUT2D eigenvalue weighted by Crippen LogP contribution is 2.23. The first kappa shape index (κ1) is 18.7. The topological polar surface area (TPSA) is 42.0 Å². The van der Waals surface area contributed by atoms with Crippen molar-refractivity contribution in [3.63, 3.8) is 0 Å². The number of hydrogen-bond acceptors (Lipinski definition) is 4. The first-order chi connectivity index (χ1) is 11.4. The van der Waals surface area contributed by atoms with Crippen LogP contribution in [0, 0.1) is 0 Å². The number of hydrogen-bond donors (Lipinski definition) is 0. The lowest BCUT2D eigenvalue weighted by Gasteiger charge is -2.36. The van der Waals surface area contributed by atoms with E-state index in [-0.39, 0.29) is 6.09 Å². The van der Waals surface area contributed by atoms with Crippen LogP contribution in [0.2, 0.25) is 0 Å². The van der Waals surface area contributed by atoms with Gasteiger partial charge in [-0.2, -0.15) is 0 Å². The lowest BCUT2D eigenvalue weighted by molar-refractivity contribution is 0.0240. The van der Waals surface area contributed by atoms with Gasteiger partial charge in [0.25, 0.3) is 0 Å². The Morgan fingerprint density at radius 2 is 1.92 bits per heavy atom. The van der Waals surface area contributed by atoms with E-state index in [1.807, 2.05) is 39.0 Å². The maximum atomic E-state index is 12.1. The molecule has 2 rings (SSSR count). The van der Waals surface area contributed by atoms with Gasteiger partial charge in [0.05, 0.1) is 6.61 Å². The van der Waals surface area contributed by atoms with E-state index in [9.17, 15) is 4.79 Å². The summed E-state index contributed by atoms with van der Waals surface area (Å²) in [4.78, 5) is 16.1. The molecule has 24 heavy (non-hydrogen) atoms. The molecule has 1 saturated heterocycles. The predicted octanol–water partition coefficient (Wildman–Crippen LogP) is 3.75. The van der Waals surface area contributed by atoms with E-state index in [4.69, 9.17) is 21.1 Å². The molecule has 1 aliphatic heterocycles. The zero-order valence-corrected chi connectivity index (χ0v) is 15.5. The highest BCUT2D eigenvalue weighted by Gasteiger charge is 2.25. The van der Waals surface area contributed by atoms with Crippen molar-refractivity contribution in [2.24, 2.45) is 0 Å². The number of carbonyl (C=O) groups is 1. The maximum absolute atomic E-state index is 12.1. The molecule has 1 amide bonds. The predicted molar refractivity (Wildman–Crippen MR) is 97.3 cm³/mol. The van der Waals surface area contributed by atoms with Crippen LogP contribution in [-0.4, -0.2) is 55.3 Å². The zero-order chi connectivity index (χ0) is 17.6. The number of anilines is 1. The van der Waals surface area contributed by atoms with Gasteiger partial charge in [0.15, 0.2) is 0 Å². The summed E-state index contributed by atoms with van der Waals surface area (Å²) < 4.78 is 11.1. The average Bonchev–Trinajstić information content (AvgIpc) is 2.54. The minimum Gasteiger partial charge on any atom is -0.493 e. The molecule has 0 atom stereocenters. The number of nitrogens with zero attached hydrogens (tertiary/aromatic N) is 2. The standard InChI is InChI=1S/C18H27ClN2O3/c1-18(2,3)24-17(22)21-11-9-20(10-12-21)15-6-4-7-16(14-15)23-13-5-8-19/h4,6-7,14H,5,8-13H2,1-3H3. The number of piperazine rings is 1. The Morgan fingerprint density at radius 3 is 2.54 bits per heavy atom. The van der Waals surface area contributed by atoms with E-state index in [1.165, 1.54) is 0 Å². The van der Waals surface area contributed by atoms with Crippen LogP contribution in [-0.2, 0) is 4.74 Å². The second-order valence-corrected chi connectivity index (χ2v) is 7.22. The van der Waals surface area contributed by atoms with Gasteiger partial charge >= 0.3 is 6.09 Å². The molecule has 0 N–H and O–H groups in total.